The number of benzene rings is 1. The Hall–Kier alpha value is -1.55. The van der Waals surface area contributed by atoms with Crippen LogP contribution in [0.1, 0.15) is 43.6 Å². The third kappa shape index (κ3) is 3.31. The molecule has 1 aliphatic rings. The molecule has 0 saturated heterocycles. The van der Waals surface area contributed by atoms with E-state index in [1.165, 1.54) is 0 Å². The number of hydrogen-bond donors (Lipinski definition) is 1. The Bertz CT molecular complexity index is 491. The summed E-state index contributed by atoms with van der Waals surface area (Å²) in [5.74, 6) is 0.543. The van der Waals surface area contributed by atoms with Crippen LogP contribution in [0, 0.1) is 5.41 Å². The first-order chi connectivity index (χ1) is 9.41. The van der Waals surface area contributed by atoms with Crippen LogP contribution in [0.3, 0.4) is 0 Å². The summed E-state index contributed by atoms with van der Waals surface area (Å²) < 4.78 is 10.9. The summed E-state index contributed by atoms with van der Waals surface area (Å²) in [6.45, 7) is 10.5. The van der Waals surface area contributed by atoms with E-state index < -0.39 is 0 Å². The maximum absolute atomic E-state index is 11.4. The molecular weight excluding hydrogens is 254 g/mol. The van der Waals surface area contributed by atoms with E-state index in [2.05, 4.69) is 33.0 Å². The fraction of sp³-hybridized carbons (Fsp3) is 0.562. The highest BCUT2D eigenvalue weighted by molar-refractivity contribution is 5.93. The van der Waals surface area contributed by atoms with Gasteiger partial charge in [0.25, 0.3) is 0 Å². The lowest BCUT2D eigenvalue weighted by molar-refractivity contribution is 0.0535. The number of carbonyl (C=O) groups is 1. The van der Waals surface area contributed by atoms with Crippen LogP contribution in [0.25, 0.3) is 0 Å². The molecule has 0 radical (unpaired) electrons. The van der Waals surface area contributed by atoms with Crippen molar-refractivity contribution in [2.45, 2.75) is 40.3 Å². The lowest BCUT2D eigenvalue weighted by Gasteiger charge is -2.31. The zero-order valence-corrected chi connectivity index (χ0v) is 12.7. The van der Waals surface area contributed by atoms with Crippen LogP contribution in [0.15, 0.2) is 18.2 Å². The summed E-state index contributed by atoms with van der Waals surface area (Å²) in [6, 6.07) is 5.78. The first-order valence-electron chi connectivity index (χ1n) is 7.08. The van der Waals surface area contributed by atoms with Gasteiger partial charge in [-0.1, -0.05) is 27.7 Å². The van der Waals surface area contributed by atoms with Crippen LogP contribution in [0.4, 0.5) is 0 Å². The highest BCUT2D eigenvalue weighted by Gasteiger charge is 2.25. The fourth-order valence-corrected chi connectivity index (χ4v) is 2.24. The Kier molecular flexibility index (Phi) is 4.33. The second kappa shape index (κ2) is 5.83. The van der Waals surface area contributed by atoms with E-state index in [0.29, 0.717) is 18.8 Å². The van der Waals surface area contributed by atoms with Crippen molar-refractivity contribution in [3.63, 3.8) is 0 Å². The van der Waals surface area contributed by atoms with E-state index in [-0.39, 0.29) is 17.4 Å². The molecule has 1 unspecified atom stereocenters. The first-order valence-corrected chi connectivity index (χ1v) is 7.08. The van der Waals surface area contributed by atoms with Crippen molar-refractivity contribution in [3.05, 3.63) is 29.3 Å². The van der Waals surface area contributed by atoms with E-state index in [9.17, 15) is 4.79 Å². The highest BCUT2D eigenvalue weighted by Crippen LogP contribution is 2.26. The highest BCUT2D eigenvalue weighted by atomic mass is 16.5. The van der Waals surface area contributed by atoms with Gasteiger partial charge in [-0.25, -0.2) is 4.79 Å². The lowest BCUT2D eigenvalue weighted by atomic mass is 9.87. The van der Waals surface area contributed by atoms with Crippen LogP contribution in [-0.2, 0) is 11.3 Å². The van der Waals surface area contributed by atoms with Gasteiger partial charge in [-0.15, -0.1) is 0 Å². The lowest BCUT2D eigenvalue weighted by Crippen LogP contribution is -2.44. The molecule has 110 valence electrons. The molecule has 4 heteroatoms. The Morgan fingerprint density at radius 1 is 1.40 bits per heavy atom. The molecule has 1 aromatic carbocycles. The van der Waals surface area contributed by atoms with Crippen molar-refractivity contribution in [2.75, 3.05) is 13.2 Å². The molecule has 0 saturated carbocycles. The Balaban J connectivity index is 2.02. The number of fused-ring (bicyclic) bond motifs is 1. The van der Waals surface area contributed by atoms with Gasteiger partial charge >= 0.3 is 5.97 Å². The third-order valence-electron chi connectivity index (χ3n) is 3.57. The van der Waals surface area contributed by atoms with Crippen molar-refractivity contribution in [2.24, 2.45) is 5.41 Å². The topological polar surface area (TPSA) is 47.6 Å². The van der Waals surface area contributed by atoms with Crippen LogP contribution < -0.4 is 10.1 Å². The third-order valence-corrected chi connectivity index (χ3v) is 3.57. The molecule has 0 spiro atoms. The number of likely N-dealkylation sites (N-methyl/N-ethyl adjacent to an activating group) is 1. The van der Waals surface area contributed by atoms with Crippen molar-refractivity contribution >= 4 is 5.97 Å². The molecule has 1 aromatic rings. The Morgan fingerprint density at radius 3 is 2.80 bits per heavy atom. The predicted octanol–water partition coefficient (Wildman–Crippen LogP) is 2.76. The number of carbonyl (C=O) groups excluding carboxylic acids is 1. The summed E-state index contributed by atoms with van der Waals surface area (Å²) in [5.41, 5.74) is 1.69. The van der Waals surface area contributed by atoms with Gasteiger partial charge in [0.05, 0.1) is 5.56 Å². The molecule has 2 rings (SSSR count). The molecule has 0 aliphatic carbocycles. The molecule has 1 aliphatic heterocycles. The molecular formula is C16H23NO3. The molecule has 0 bridgehead atoms. The normalized spacial score (nSPS) is 15.7. The average molecular weight is 277 g/mol. The van der Waals surface area contributed by atoms with Gasteiger partial charge in [0, 0.05) is 11.6 Å². The molecule has 0 amide bonds. The molecule has 1 atom stereocenters. The Morgan fingerprint density at radius 2 is 2.15 bits per heavy atom. The van der Waals surface area contributed by atoms with Crippen molar-refractivity contribution < 1.29 is 14.3 Å². The smallest absolute Gasteiger partial charge is 0.338 e. The standard InChI is InChI=1S/C16H23NO3/c1-5-17-14(16(2,3)4)10-19-12-6-7-13-11(8-12)9-20-15(13)18/h6-8,14,17H,5,9-10H2,1-4H3. The second-order valence-corrected chi connectivity index (χ2v) is 6.18. The number of cyclic esters (lactones) is 1. The van der Waals surface area contributed by atoms with E-state index in [0.717, 1.165) is 17.9 Å². The Labute approximate surface area is 120 Å². The SMILES string of the molecule is CCNC(COc1ccc2c(c1)COC2=O)C(C)(C)C. The summed E-state index contributed by atoms with van der Waals surface area (Å²) in [4.78, 5) is 11.4. The summed E-state index contributed by atoms with van der Waals surface area (Å²) in [7, 11) is 0. The number of esters is 1. The van der Waals surface area contributed by atoms with Gasteiger partial charge in [-0.3, -0.25) is 0 Å². The maximum atomic E-state index is 11.4. The number of rotatable bonds is 5. The average Bonchev–Trinajstić information content (AvgIpc) is 2.74. The second-order valence-electron chi connectivity index (χ2n) is 6.18. The van der Waals surface area contributed by atoms with Gasteiger partial charge in [-0.05, 0) is 30.2 Å². The van der Waals surface area contributed by atoms with Crippen LogP contribution in [0.2, 0.25) is 0 Å². The summed E-state index contributed by atoms with van der Waals surface area (Å²) in [6.07, 6.45) is 0. The molecule has 4 nitrogen and oxygen atoms in total. The molecule has 0 fully saturated rings. The van der Waals surface area contributed by atoms with E-state index in [1.54, 1.807) is 6.07 Å². The van der Waals surface area contributed by atoms with E-state index in [4.69, 9.17) is 9.47 Å². The van der Waals surface area contributed by atoms with Crippen molar-refractivity contribution in [1.29, 1.82) is 0 Å². The summed E-state index contributed by atoms with van der Waals surface area (Å²) in [5, 5.41) is 3.45. The molecule has 20 heavy (non-hydrogen) atoms. The molecule has 1 N–H and O–H groups in total. The largest absolute Gasteiger partial charge is 0.492 e. The fourth-order valence-electron chi connectivity index (χ4n) is 2.24. The monoisotopic (exact) mass is 277 g/mol. The van der Waals surface area contributed by atoms with Gasteiger partial charge < -0.3 is 14.8 Å². The zero-order valence-electron chi connectivity index (χ0n) is 12.7. The predicted molar refractivity (Wildman–Crippen MR) is 78.0 cm³/mol. The van der Waals surface area contributed by atoms with Gasteiger partial charge in [-0.2, -0.15) is 0 Å². The molecule has 1 heterocycles. The maximum Gasteiger partial charge on any atom is 0.338 e. The minimum absolute atomic E-state index is 0.131. The van der Waals surface area contributed by atoms with Crippen LogP contribution >= 0.6 is 0 Å². The number of hydrogen-bond acceptors (Lipinski definition) is 4. The van der Waals surface area contributed by atoms with Gasteiger partial charge in [0.15, 0.2) is 0 Å². The quantitative estimate of drug-likeness (QED) is 0.841. The first kappa shape index (κ1) is 14.9. The minimum Gasteiger partial charge on any atom is -0.492 e. The number of ether oxygens (including phenoxy) is 2. The zero-order chi connectivity index (χ0) is 14.8. The van der Waals surface area contributed by atoms with E-state index >= 15 is 0 Å². The van der Waals surface area contributed by atoms with Gasteiger partial charge in [0.1, 0.15) is 19.0 Å². The van der Waals surface area contributed by atoms with Crippen LogP contribution in [0.5, 0.6) is 5.75 Å². The van der Waals surface area contributed by atoms with Crippen LogP contribution in [-0.4, -0.2) is 25.2 Å². The van der Waals surface area contributed by atoms with Gasteiger partial charge in [0.2, 0.25) is 0 Å². The minimum atomic E-state index is -0.244. The van der Waals surface area contributed by atoms with Crippen molar-refractivity contribution in [3.8, 4) is 5.75 Å². The number of nitrogens with one attached hydrogen (secondary N) is 1. The molecule has 0 aromatic heterocycles. The van der Waals surface area contributed by atoms with E-state index in [1.807, 2.05) is 12.1 Å². The summed E-state index contributed by atoms with van der Waals surface area (Å²) >= 11 is 0. The van der Waals surface area contributed by atoms with Crippen molar-refractivity contribution in [1.82, 2.24) is 5.32 Å².